The minimum atomic E-state index is -1.73. The molecule has 1 saturated carbocycles. The van der Waals surface area contributed by atoms with Crippen molar-refractivity contribution in [3.63, 3.8) is 0 Å². The summed E-state index contributed by atoms with van der Waals surface area (Å²) in [4.78, 5) is 24.8. The molecule has 1 aliphatic carbocycles. The Balaban J connectivity index is 2.55. The molecule has 152 valence electrons. The first-order valence-electron chi connectivity index (χ1n) is 9.84. The van der Waals surface area contributed by atoms with Gasteiger partial charge in [-0.2, -0.15) is 0 Å². The number of hydrogen-bond acceptors (Lipinski definition) is 4. The quantitative estimate of drug-likeness (QED) is 0.477. The van der Waals surface area contributed by atoms with Crippen LogP contribution in [0.15, 0.2) is 0 Å². The van der Waals surface area contributed by atoms with Crippen molar-refractivity contribution in [1.82, 2.24) is 4.90 Å². The predicted molar refractivity (Wildman–Crippen MR) is 108 cm³/mol. The molecule has 0 N–H and O–H groups in total. The number of amides is 1. The SMILES string of the molecule is CC(C)(C)OC(=O)N(CC=O)CC1CCC(O[Si](C)(C)C(C)(C)C)CC1. The lowest BCUT2D eigenvalue weighted by Crippen LogP contribution is -2.45. The fourth-order valence-corrected chi connectivity index (χ4v) is 4.40. The average Bonchev–Trinajstić information content (AvgIpc) is 2.45. The van der Waals surface area contributed by atoms with E-state index in [2.05, 4.69) is 33.9 Å². The van der Waals surface area contributed by atoms with Crippen molar-refractivity contribution < 1.29 is 18.8 Å². The van der Waals surface area contributed by atoms with Gasteiger partial charge in [0, 0.05) is 12.6 Å². The third-order valence-corrected chi connectivity index (χ3v) is 10.0. The van der Waals surface area contributed by atoms with Crippen molar-refractivity contribution in [1.29, 1.82) is 0 Å². The number of rotatable bonds is 6. The van der Waals surface area contributed by atoms with Crippen molar-refractivity contribution in [2.45, 2.75) is 97.1 Å². The van der Waals surface area contributed by atoms with E-state index in [1.165, 1.54) is 4.90 Å². The summed E-state index contributed by atoms with van der Waals surface area (Å²) in [5, 5.41) is 0.224. The molecule has 1 fully saturated rings. The van der Waals surface area contributed by atoms with Gasteiger partial charge in [-0.15, -0.1) is 0 Å². The molecule has 0 aromatic heterocycles. The Kier molecular flexibility index (Phi) is 7.90. The molecule has 0 spiro atoms. The van der Waals surface area contributed by atoms with Gasteiger partial charge in [0.1, 0.15) is 11.9 Å². The molecular formula is C20H39NO4Si. The van der Waals surface area contributed by atoms with Crippen LogP contribution in [0.4, 0.5) is 4.79 Å². The zero-order chi connectivity index (χ0) is 20.2. The fraction of sp³-hybridized carbons (Fsp3) is 0.900. The molecule has 0 heterocycles. The average molecular weight is 386 g/mol. The molecule has 1 rings (SSSR count). The fourth-order valence-electron chi connectivity index (χ4n) is 2.98. The van der Waals surface area contributed by atoms with E-state index in [0.29, 0.717) is 18.6 Å². The van der Waals surface area contributed by atoms with Gasteiger partial charge in [-0.05, 0) is 70.5 Å². The van der Waals surface area contributed by atoms with Crippen molar-refractivity contribution in [2.75, 3.05) is 13.1 Å². The Morgan fingerprint density at radius 1 is 1.08 bits per heavy atom. The zero-order valence-corrected chi connectivity index (χ0v) is 19.1. The number of carbonyl (C=O) groups is 2. The lowest BCUT2D eigenvalue weighted by Gasteiger charge is -2.41. The summed E-state index contributed by atoms with van der Waals surface area (Å²) in [5.74, 6) is 0.404. The lowest BCUT2D eigenvalue weighted by molar-refractivity contribution is -0.109. The first-order valence-corrected chi connectivity index (χ1v) is 12.8. The van der Waals surface area contributed by atoms with Gasteiger partial charge in [-0.3, -0.25) is 0 Å². The smallest absolute Gasteiger partial charge is 0.410 e. The number of nitrogens with zero attached hydrogens (tertiary/aromatic N) is 1. The second-order valence-corrected chi connectivity index (χ2v) is 14.8. The summed E-state index contributed by atoms with van der Waals surface area (Å²) in [5.41, 5.74) is -0.549. The topological polar surface area (TPSA) is 55.8 Å². The Hall–Kier alpha value is -0.883. The van der Waals surface area contributed by atoms with E-state index in [1.54, 1.807) is 0 Å². The van der Waals surface area contributed by atoms with Gasteiger partial charge >= 0.3 is 6.09 Å². The molecular weight excluding hydrogens is 346 g/mol. The monoisotopic (exact) mass is 385 g/mol. The second-order valence-electron chi connectivity index (χ2n) is 10.1. The van der Waals surface area contributed by atoms with E-state index in [1.807, 2.05) is 20.8 Å². The van der Waals surface area contributed by atoms with Crippen LogP contribution in [0, 0.1) is 5.92 Å². The molecule has 0 unspecified atom stereocenters. The molecule has 0 aromatic rings. The van der Waals surface area contributed by atoms with E-state index >= 15 is 0 Å². The highest BCUT2D eigenvalue weighted by molar-refractivity contribution is 6.74. The number of ether oxygens (including phenoxy) is 1. The summed E-state index contributed by atoms with van der Waals surface area (Å²) >= 11 is 0. The van der Waals surface area contributed by atoms with Crippen LogP contribution in [-0.2, 0) is 14.0 Å². The normalized spacial score (nSPS) is 22.0. The lowest BCUT2D eigenvalue weighted by atomic mass is 9.87. The van der Waals surface area contributed by atoms with E-state index in [9.17, 15) is 9.59 Å². The van der Waals surface area contributed by atoms with Crippen LogP contribution >= 0.6 is 0 Å². The molecule has 0 saturated heterocycles. The number of aldehydes is 1. The summed E-state index contributed by atoms with van der Waals surface area (Å²) in [6, 6.07) is 0. The van der Waals surface area contributed by atoms with Crippen LogP contribution < -0.4 is 0 Å². The Bertz CT molecular complexity index is 471. The van der Waals surface area contributed by atoms with Gasteiger partial charge < -0.3 is 18.9 Å². The van der Waals surface area contributed by atoms with Crippen LogP contribution in [0.1, 0.15) is 67.2 Å². The number of carbonyl (C=O) groups excluding carboxylic acids is 2. The van der Waals surface area contributed by atoms with E-state index in [4.69, 9.17) is 9.16 Å². The first-order chi connectivity index (χ1) is 11.7. The highest BCUT2D eigenvalue weighted by Gasteiger charge is 2.40. The molecule has 1 amide bonds. The third-order valence-electron chi connectivity index (χ3n) is 5.49. The maximum Gasteiger partial charge on any atom is 0.410 e. The van der Waals surface area contributed by atoms with Crippen LogP contribution in [0.2, 0.25) is 18.1 Å². The Morgan fingerprint density at radius 3 is 2.04 bits per heavy atom. The highest BCUT2D eigenvalue weighted by Crippen LogP contribution is 2.39. The number of hydrogen-bond donors (Lipinski definition) is 0. The minimum absolute atomic E-state index is 0.0926. The highest BCUT2D eigenvalue weighted by atomic mass is 28.4. The summed E-state index contributed by atoms with van der Waals surface area (Å²) in [6.07, 6.45) is 4.81. The summed E-state index contributed by atoms with van der Waals surface area (Å²) < 4.78 is 12.0. The Labute approximate surface area is 160 Å². The molecule has 6 heteroatoms. The van der Waals surface area contributed by atoms with E-state index < -0.39 is 20.0 Å². The van der Waals surface area contributed by atoms with E-state index in [0.717, 1.165) is 32.0 Å². The van der Waals surface area contributed by atoms with Crippen molar-refractivity contribution >= 4 is 20.7 Å². The summed E-state index contributed by atoms with van der Waals surface area (Å²) in [7, 11) is -1.73. The van der Waals surface area contributed by atoms with Crippen molar-refractivity contribution in [3.05, 3.63) is 0 Å². The van der Waals surface area contributed by atoms with Gasteiger partial charge in [-0.1, -0.05) is 20.8 Å². The van der Waals surface area contributed by atoms with Crippen molar-refractivity contribution in [3.8, 4) is 0 Å². The molecule has 0 aliphatic heterocycles. The maximum atomic E-state index is 12.3. The third kappa shape index (κ3) is 7.39. The van der Waals surface area contributed by atoms with Gasteiger partial charge in [0.2, 0.25) is 0 Å². The largest absolute Gasteiger partial charge is 0.444 e. The molecule has 0 bridgehead atoms. The van der Waals surface area contributed by atoms with Crippen LogP contribution in [0.25, 0.3) is 0 Å². The van der Waals surface area contributed by atoms with Crippen LogP contribution in [-0.4, -0.2) is 50.4 Å². The molecule has 0 aromatic carbocycles. The van der Waals surface area contributed by atoms with Gasteiger partial charge in [0.25, 0.3) is 0 Å². The Morgan fingerprint density at radius 2 is 1.62 bits per heavy atom. The predicted octanol–water partition coefficient (Wildman–Crippen LogP) is 5.00. The van der Waals surface area contributed by atoms with Crippen LogP contribution in [0.5, 0.6) is 0 Å². The van der Waals surface area contributed by atoms with Gasteiger partial charge in [-0.25, -0.2) is 4.79 Å². The van der Waals surface area contributed by atoms with E-state index in [-0.39, 0.29) is 11.6 Å². The van der Waals surface area contributed by atoms with Crippen molar-refractivity contribution in [2.24, 2.45) is 5.92 Å². The first kappa shape index (κ1) is 23.2. The summed E-state index contributed by atoms with van der Waals surface area (Å²) in [6.45, 7) is 17.6. The van der Waals surface area contributed by atoms with Crippen LogP contribution in [0.3, 0.4) is 0 Å². The zero-order valence-electron chi connectivity index (χ0n) is 18.1. The minimum Gasteiger partial charge on any atom is -0.444 e. The standard InChI is InChI=1S/C20H39NO4Si/c1-19(2,3)24-18(23)21(13-14-22)15-16-9-11-17(12-10-16)25-26(7,8)20(4,5)6/h14,16-17H,9-13,15H2,1-8H3. The molecule has 0 radical (unpaired) electrons. The second kappa shape index (κ2) is 8.87. The molecule has 26 heavy (non-hydrogen) atoms. The van der Waals surface area contributed by atoms with Gasteiger partial charge in [0.15, 0.2) is 8.32 Å². The van der Waals surface area contributed by atoms with Gasteiger partial charge in [0.05, 0.1) is 6.54 Å². The molecule has 5 nitrogen and oxygen atoms in total. The molecule has 1 aliphatic rings. The maximum absolute atomic E-state index is 12.3. The molecule has 0 atom stereocenters.